The van der Waals surface area contributed by atoms with Crippen molar-refractivity contribution in [2.45, 2.75) is 32.8 Å². The lowest BCUT2D eigenvalue weighted by atomic mass is 10.2. The fourth-order valence-electron chi connectivity index (χ4n) is 1.41. The average Bonchev–Trinajstić information content (AvgIpc) is 2.30. The van der Waals surface area contributed by atoms with Gasteiger partial charge >= 0.3 is 6.09 Å². The predicted molar refractivity (Wildman–Crippen MR) is 75.1 cm³/mol. The molecule has 0 aliphatic rings. The molecule has 0 aromatic heterocycles. The molecule has 0 bridgehead atoms. The van der Waals surface area contributed by atoms with Gasteiger partial charge in [0.25, 0.3) is 0 Å². The van der Waals surface area contributed by atoms with E-state index in [1.807, 2.05) is 0 Å². The molecule has 0 aliphatic carbocycles. The largest absolute Gasteiger partial charge is 0.444 e. The van der Waals surface area contributed by atoms with Crippen molar-refractivity contribution in [3.8, 4) is 6.07 Å². The molecule has 1 rings (SSSR count). The van der Waals surface area contributed by atoms with E-state index in [0.717, 1.165) is 12.1 Å². The zero-order valence-corrected chi connectivity index (χ0v) is 12.0. The van der Waals surface area contributed by atoms with E-state index in [9.17, 15) is 14.0 Å². The second-order valence-corrected chi connectivity index (χ2v) is 5.20. The first-order chi connectivity index (χ1) is 9.71. The van der Waals surface area contributed by atoms with Gasteiger partial charge in [-0.05, 0) is 39.0 Å². The Morgan fingerprint density at radius 3 is 2.52 bits per heavy atom. The van der Waals surface area contributed by atoms with Crippen LogP contribution in [0.4, 0.5) is 20.6 Å². The first kappa shape index (κ1) is 16.4. The number of carbonyl (C=O) groups excluding carboxylic acids is 2. The summed E-state index contributed by atoms with van der Waals surface area (Å²) in [6.45, 7) is 5.06. The van der Waals surface area contributed by atoms with Crippen LogP contribution < -0.4 is 10.6 Å². The molecule has 2 N–H and O–H groups in total. The Kier molecular flexibility index (Phi) is 5.24. The van der Waals surface area contributed by atoms with E-state index < -0.39 is 23.4 Å². The summed E-state index contributed by atoms with van der Waals surface area (Å²) < 4.78 is 18.3. The van der Waals surface area contributed by atoms with E-state index in [1.54, 1.807) is 26.8 Å². The first-order valence-electron chi connectivity index (χ1n) is 6.17. The highest BCUT2D eigenvalue weighted by Gasteiger charge is 2.18. The number of anilines is 2. The number of ether oxygens (including phenoxy) is 1. The number of benzene rings is 1. The zero-order chi connectivity index (χ0) is 16.0. The average molecular weight is 293 g/mol. The third-order valence-corrected chi connectivity index (χ3v) is 2.13. The second-order valence-electron chi connectivity index (χ2n) is 5.20. The van der Waals surface area contributed by atoms with Gasteiger partial charge in [-0.15, -0.1) is 0 Å². The van der Waals surface area contributed by atoms with Crippen molar-refractivity contribution in [2.75, 3.05) is 10.6 Å². The molecule has 0 spiro atoms. The predicted octanol–water partition coefficient (Wildman–Crippen LogP) is 3.02. The maximum Gasteiger partial charge on any atom is 0.412 e. The monoisotopic (exact) mass is 293 g/mol. The van der Waals surface area contributed by atoms with Crippen molar-refractivity contribution in [1.29, 1.82) is 5.26 Å². The van der Waals surface area contributed by atoms with Gasteiger partial charge in [-0.25, -0.2) is 9.18 Å². The van der Waals surface area contributed by atoms with Crippen molar-refractivity contribution in [1.82, 2.24) is 0 Å². The minimum Gasteiger partial charge on any atom is -0.444 e. The molecule has 0 heterocycles. The van der Waals surface area contributed by atoms with E-state index in [1.165, 1.54) is 6.07 Å². The normalized spacial score (nSPS) is 10.4. The van der Waals surface area contributed by atoms with Gasteiger partial charge in [0.15, 0.2) is 0 Å². The van der Waals surface area contributed by atoms with Crippen LogP contribution in [-0.2, 0) is 9.53 Å². The molecule has 21 heavy (non-hydrogen) atoms. The maximum atomic E-state index is 13.3. The summed E-state index contributed by atoms with van der Waals surface area (Å²) in [5, 5.41) is 13.2. The Balaban J connectivity index is 2.90. The molecule has 0 saturated heterocycles. The Labute approximate surface area is 121 Å². The summed E-state index contributed by atoms with van der Waals surface area (Å²) >= 11 is 0. The summed E-state index contributed by atoms with van der Waals surface area (Å²) in [4.78, 5) is 23.1. The van der Waals surface area contributed by atoms with Crippen LogP contribution in [0.5, 0.6) is 0 Å². The number of carbonyl (C=O) groups is 2. The smallest absolute Gasteiger partial charge is 0.412 e. The molecular formula is C14H16FN3O3. The number of amides is 2. The van der Waals surface area contributed by atoms with Gasteiger partial charge in [-0.2, -0.15) is 5.26 Å². The highest BCUT2D eigenvalue weighted by atomic mass is 19.1. The topological polar surface area (TPSA) is 91.2 Å². The summed E-state index contributed by atoms with van der Waals surface area (Å²) in [6.07, 6.45) is -1.12. The molecule has 1 aromatic carbocycles. The molecule has 0 saturated carbocycles. The molecular weight excluding hydrogens is 277 g/mol. The number of hydrogen-bond acceptors (Lipinski definition) is 4. The number of nitrogens with zero attached hydrogens (tertiary/aromatic N) is 1. The first-order valence-corrected chi connectivity index (χ1v) is 6.17. The van der Waals surface area contributed by atoms with Crippen LogP contribution in [0.3, 0.4) is 0 Å². The lowest BCUT2D eigenvalue weighted by molar-refractivity contribution is -0.115. The molecule has 0 atom stereocenters. The minimum atomic E-state index is -0.774. The number of halogens is 1. The Morgan fingerprint density at radius 2 is 1.95 bits per heavy atom. The third kappa shape index (κ3) is 5.91. The molecule has 7 heteroatoms. The van der Waals surface area contributed by atoms with Crippen molar-refractivity contribution in [3.63, 3.8) is 0 Å². The SMILES string of the molecule is CC(C)(C)OC(=O)Nc1cc(F)ccc1NC(=O)CC#N. The van der Waals surface area contributed by atoms with E-state index in [0.29, 0.717) is 0 Å². The fourth-order valence-corrected chi connectivity index (χ4v) is 1.41. The highest BCUT2D eigenvalue weighted by molar-refractivity contribution is 5.98. The maximum absolute atomic E-state index is 13.3. The van der Waals surface area contributed by atoms with E-state index in [4.69, 9.17) is 10.00 Å². The van der Waals surface area contributed by atoms with Gasteiger partial charge < -0.3 is 10.1 Å². The number of nitrogens with one attached hydrogen (secondary N) is 2. The number of nitriles is 1. The van der Waals surface area contributed by atoms with Crippen LogP contribution in [-0.4, -0.2) is 17.6 Å². The molecule has 0 radical (unpaired) electrons. The summed E-state index contributed by atoms with van der Waals surface area (Å²) in [5.74, 6) is -1.14. The lowest BCUT2D eigenvalue weighted by Gasteiger charge is -2.20. The van der Waals surface area contributed by atoms with Gasteiger partial charge in [0.2, 0.25) is 5.91 Å². The molecule has 6 nitrogen and oxygen atoms in total. The third-order valence-electron chi connectivity index (χ3n) is 2.13. The summed E-state index contributed by atoms with van der Waals surface area (Å²) in [5.41, 5.74) is -0.472. The van der Waals surface area contributed by atoms with E-state index >= 15 is 0 Å². The quantitative estimate of drug-likeness (QED) is 0.896. The van der Waals surface area contributed by atoms with Crippen molar-refractivity contribution < 1.29 is 18.7 Å². The summed E-state index contributed by atoms with van der Waals surface area (Å²) in [7, 11) is 0. The Bertz CT molecular complexity index is 588. The number of rotatable bonds is 3. The molecule has 0 aliphatic heterocycles. The summed E-state index contributed by atoms with van der Waals surface area (Å²) in [6, 6.07) is 5.16. The van der Waals surface area contributed by atoms with Gasteiger partial charge in [0.05, 0.1) is 17.4 Å². The van der Waals surface area contributed by atoms with E-state index in [-0.39, 0.29) is 17.8 Å². The second kappa shape index (κ2) is 6.70. The molecule has 0 unspecified atom stereocenters. The van der Waals surface area contributed by atoms with Crippen LogP contribution in [0.15, 0.2) is 18.2 Å². The standard InChI is InChI=1S/C14H16FN3O3/c1-14(2,3)21-13(20)18-11-8-9(15)4-5-10(11)17-12(19)6-7-16/h4-5,8H,6H2,1-3H3,(H,17,19)(H,18,20). The van der Waals surface area contributed by atoms with Crippen LogP contribution in [0.2, 0.25) is 0 Å². The van der Waals surface area contributed by atoms with E-state index in [2.05, 4.69) is 10.6 Å². The lowest BCUT2D eigenvalue weighted by Crippen LogP contribution is -2.27. The van der Waals surface area contributed by atoms with Crippen LogP contribution in [0.25, 0.3) is 0 Å². The fraction of sp³-hybridized carbons (Fsp3) is 0.357. The van der Waals surface area contributed by atoms with Crippen LogP contribution >= 0.6 is 0 Å². The van der Waals surface area contributed by atoms with Crippen molar-refractivity contribution >= 4 is 23.4 Å². The molecule has 2 amide bonds. The van der Waals surface area contributed by atoms with Crippen LogP contribution in [0, 0.1) is 17.1 Å². The van der Waals surface area contributed by atoms with Crippen molar-refractivity contribution in [2.24, 2.45) is 0 Å². The van der Waals surface area contributed by atoms with Gasteiger partial charge in [-0.3, -0.25) is 10.1 Å². The number of hydrogen-bond donors (Lipinski definition) is 2. The molecule has 0 fully saturated rings. The Morgan fingerprint density at radius 1 is 1.29 bits per heavy atom. The highest BCUT2D eigenvalue weighted by Crippen LogP contribution is 2.23. The molecule has 1 aromatic rings. The van der Waals surface area contributed by atoms with Gasteiger partial charge in [0, 0.05) is 0 Å². The van der Waals surface area contributed by atoms with Crippen LogP contribution in [0.1, 0.15) is 27.2 Å². The van der Waals surface area contributed by atoms with Crippen molar-refractivity contribution in [3.05, 3.63) is 24.0 Å². The molecule has 112 valence electrons. The minimum absolute atomic E-state index is 0.0514. The Hall–Kier alpha value is -2.62. The van der Waals surface area contributed by atoms with Gasteiger partial charge in [0.1, 0.15) is 17.8 Å². The van der Waals surface area contributed by atoms with Gasteiger partial charge in [-0.1, -0.05) is 0 Å². The zero-order valence-electron chi connectivity index (χ0n) is 12.0.